The Hall–Kier alpha value is -3.33. The van der Waals surface area contributed by atoms with Crippen LogP contribution >= 0.6 is 0 Å². The molecule has 4 aromatic rings. The summed E-state index contributed by atoms with van der Waals surface area (Å²) in [6.07, 6.45) is 4.73. The van der Waals surface area contributed by atoms with Gasteiger partial charge in [0.05, 0.1) is 11.6 Å². The van der Waals surface area contributed by atoms with Gasteiger partial charge in [0.1, 0.15) is 0 Å². The van der Waals surface area contributed by atoms with Crippen molar-refractivity contribution in [2.24, 2.45) is 5.92 Å². The van der Waals surface area contributed by atoms with Gasteiger partial charge in [-0.2, -0.15) is 0 Å². The minimum absolute atomic E-state index is 0.133. The van der Waals surface area contributed by atoms with E-state index < -0.39 is 5.97 Å². The van der Waals surface area contributed by atoms with Crippen molar-refractivity contribution in [3.8, 4) is 11.3 Å². The van der Waals surface area contributed by atoms with E-state index in [4.69, 9.17) is 0 Å². The molecular formula is C28H27NO2. The van der Waals surface area contributed by atoms with Crippen molar-refractivity contribution in [2.75, 3.05) is 0 Å². The van der Waals surface area contributed by atoms with E-state index in [2.05, 4.69) is 77.8 Å². The summed E-state index contributed by atoms with van der Waals surface area (Å²) in [6.45, 7) is 0. The quantitative estimate of drug-likeness (QED) is 0.381. The van der Waals surface area contributed by atoms with E-state index >= 15 is 0 Å². The second-order valence-corrected chi connectivity index (χ2v) is 8.64. The molecule has 0 saturated heterocycles. The lowest BCUT2D eigenvalue weighted by Crippen LogP contribution is -2.25. The highest BCUT2D eigenvalue weighted by Crippen LogP contribution is 2.38. The topological polar surface area (TPSA) is 53.1 Å². The van der Waals surface area contributed by atoms with E-state index in [0.717, 1.165) is 43.2 Å². The molecule has 5 rings (SSSR count). The number of hydrogen-bond acceptors (Lipinski definition) is 1. The van der Waals surface area contributed by atoms with Gasteiger partial charge < -0.3 is 10.1 Å². The largest absolute Gasteiger partial charge is 0.481 e. The molecule has 2 atom stereocenters. The smallest absolute Gasteiger partial charge is 0.307 e. The van der Waals surface area contributed by atoms with Gasteiger partial charge in [0.15, 0.2) is 0 Å². The van der Waals surface area contributed by atoms with Crippen LogP contribution in [0.25, 0.3) is 22.2 Å². The molecule has 3 aromatic carbocycles. The summed E-state index contributed by atoms with van der Waals surface area (Å²) in [5.74, 6) is -0.772. The number of aliphatic carboxylic acids is 1. The number of para-hydroxylation sites is 1. The molecule has 31 heavy (non-hydrogen) atoms. The molecule has 1 aliphatic rings. The molecule has 3 heteroatoms. The van der Waals surface area contributed by atoms with Crippen LogP contribution in [0.1, 0.15) is 48.3 Å². The number of hydrogen-bond donors (Lipinski definition) is 2. The molecule has 1 aromatic heterocycles. The maximum atomic E-state index is 11.7. The fourth-order valence-electron chi connectivity index (χ4n) is 5.15. The number of carboxylic acid groups (broad SMARTS) is 1. The van der Waals surface area contributed by atoms with Crippen LogP contribution in [-0.2, 0) is 11.2 Å². The summed E-state index contributed by atoms with van der Waals surface area (Å²) in [7, 11) is 0. The molecular weight excluding hydrogens is 382 g/mol. The Labute approximate surface area is 182 Å². The highest BCUT2D eigenvalue weighted by Gasteiger charge is 2.31. The third kappa shape index (κ3) is 3.88. The molecule has 2 N–H and O–H groups in total. The second-order valence-electron chi connectivity index (χ2n) is 8.64. The molecule has 2 unspecified atom stereocenters. The van der Waals surface area contributed by atoms with Crippen LogP contribution in [0.5, 0.6) is 0 Å². The Bertz CT molecular complexity index is 1190. The second kappa shape index (κ2) is 8.43. The first-order chi connectivity index (χ1) is 15.2. The molecule has 1 fully saturated rings. The van der Waals surface area contributed by atoms with Gasteiger partial charge in [-0.1, -0.05) is 85.6 Å². The van der Waals surface area contributed by atoms with Crippen molar-refractivity contribution in [1.82, 2.24) is 4.98 Å². The zero-order chi connectivity index (χ0) is 21.2. The Balaban J connectivity index is 1.47. The van der Waals surface area contributed by atoms with E-state index in [1.54, 1.807) is 0 Å². The van der Waals surface area contributed by atoms with Crippen LogP contribution in [0, 0.1) is 5.92 Å². The number of aromatic amines is 1. The summed E-state index contributed by atoms with van der Waals surface area (Å²) in [5, 5.41) is 10.9. The zero-order valence-electron chi connectivity index (χ0n) is 17.6. The van der Waals surface area contributed by atoms with Gasteiger partial charge in [0.25, 0.3) is 0 Å². The minimum Gasteiger partial charge on any atom is -0.481 e. The number of benzene rings is 3. The van der Waals surface area contributed by atoms with E-state index in [9.17, 15) is 9.90 Å². The predicted molar refractivity (Wildman–Crippen MR) is 125 cm³/mol. The Morgan fingerprint density at radius 3 is 2.35 bits per heavy atom. The average Bonchev–Trinajstić information content (AvgIpc) is 3.18. The first-order valence-electron chi connectivity index (χ1n) is 11.2. The van der Waals surface area contributed by atoms with Gasteiger partial charge in [-0.25, -0.2) is 0 Å². The van der Waals surface area contributed by atoms with E-state index in [0.29, 0.717) is 0 Å². The molecule has 3 nitrogen and oxygen atoms in total. The van der Waals surface area contributed by atoms with Crippen LogP contribution in [0.2, 0.25) is 0 Å². The Kier molecular flexibility index (Phi) is 5.33. The first-order valence-corrected chi connectivity index (χ1v) is 11.2. The molecule has 0 bridgehead atoms. The molecule has 0 spiro atoms. The molecule has 1 heterocycles. The third-order valence-corrected chi connectivity index (χ3v) is 6.75. The van der Waals surface area contributed by atoms with Crippen molar-refractivity contribution in [3.05, 3.63) is 95.6 Å². The molecule has 156 valence electrons. The van der Waals surface area contributed by atoms with Crippen molar-refractivity contribution in [2.45, 2.75) is 38.0 Å². The van der Waals surface area contributed by atoms with Gasteiger partial charge in [-0.3, -0.25) is 4.79 Å². The molecule has 1 aliphatic carbocycles. The zero-order valence-corrected chi connectivity index (χ0v) is 17.6. The summed E-state index contributed by atoms with van der Waals surface area (Å²) in [4.78, 5) is 15.3. The van der Waals surface area contributed by atoms with Gasteiger partial charge in [-0.05, 0) is 47.1 Å². The van der Waals surface area contributed by atoms with Crippen LogP contribution in [0.3, 0.4) is 0 Å². The summed E-state index contributed by atoms with van der Waals surface area (Å²) in [5.41, 5.74) is 7.22. The van der Waals surface area contributed by atoms with Crippen molar-refractivity contribution in [3.63, 3.8) is 0 Å². The van der Waals surface area contributed by atoms with Crippen molar-refractivity contribution in [1.29, 1.82) is 0 Å². The Morgan fingerprint density at radius 2 is 1.58 bits per heavy atom. The molecule has 0 amide bonds. The lowest BCUT2D eigenvalue weighted by molar-refractivity contribution is -0.143. The van der Waals surface area contributed by atoms with Crippen molar-refractivity contribution < 1.29 is 9.90 Å². The van der Waals surface area contributed by atoms with Gasteiger partial charge in [-0.15, -0.1) is 0 Å². The number of rotatable bonds is 5. The van der Waals surface area contributed by atoms with Gasteiger partial charge in [0, 0.05) is 17.3 Å². The summed E-state index contributed by atoms with van der Waals surface area (Å²) < 4.78 is 0. The predicted octanol–water partition coefficient (Wildman–Crippen LogP) is 6.78. The SMILES string of the molecule is O=C(O)C1CCCCC1c1ccc(Cc2c(-c3ccccc3)[nH]c3ccccc23)cc1. The summed E-state index contributed by atoms with van der Waals surface area (Å²) >= 11 is 0. The highest BCUT2D eigenvalue weighted by molar-refractivity contribution is 5.91. The average molecular weight is 410 g/mol. The summed E-state index contributed by atoms with van der Waals surface area (Å²) in [6, 6.07) is 27.6. The van der Waals surface area contributed by atoms with Crippen LogP contribution in [0.4, 0.5) is 0 Å². The number of aromatic nitrogens is 1. The van der Waals surface area contributed by atoms with E-state index in [1.165, 1.54) is 27.8 Å². The van der Waals surface area contributed by atoms with Crippen molar-refractivity contribution >= 4 is 16.9 Å². The Morgan fingerprint density at radius 1 is 0.871 bits per heavy atom. The van der Waals surface area contributed by atoms with Crippen LogP contribution in [0.15, 0.2) is 78.9 Å². The minimum atomic E-state index is -0.653. The van der Waals surface area contributed by atoms with Crippen LogP contribution < -0.4 is 0 Å². The van der Waals surface area contributed by atoms with E-state index in [-0.39, 0.29) is 11.8 Å². The van der Waals surface area contributed by atoms with Gasteiger partial charge >= 0.3 is 5.97 Å². The highest BCUT2D eigenvalue weighted by atomic mass is 16.4. The maximum absolute atomic E-state index is 11.7. The maximum Gasteiger partial charge on any atom is 0.307 e. The standard InChI is InChI=1S/C28H27NO2/c30-28(31)24-12-5-4-10-22(24)20-16-14-19(15-17-20)18-25-23-11-6-7-13-26(23)29-27(25)21-8-2-1-3-9-21/h1-3,6-9,11,13-17,22,24,29H,4-5,10,12,18H2,(H,30,31). The number of H-pyrrole nitrogens is 1. The van der Waals surface area contributed by atoms with E-state index in [1.807, 2.05) is 6.07 Å². The fraction of sp³-hybridized carbons (Fsp3) is 0.250. The monoisotopic (exact) mass is 409 g/mol. The lowest BCUT2D eigenvalue weighted by Gasteiger charge is -2.29. The lowest BCUT2D eigenvalue weighted by atomic mass is 9.75. The molecule has 0 aliphatic heterocycles. The van der Waals surface area contributed by atoms with Crippen LogP contribution in [-0.4, -0.2) is 16.1 Å². The fourth-order valence-corrected chi connectivity index (χ4v) is 5.15. The van der Waals surface area contributed by atoms with Gasteiger partial charge in [0.2, 0.25) is 0 Å². The number of carbonyl (C=O) groups is 1. The molecule has 0 radical (unpaired) electrons. The number of carboxylic acids is 1. The number of nitrogens with one attached hydrogen (secondary N) is 1. The normalized spacial score (nSPS) is 18.8. The molecule has 1 saturated carbocycles. The third-order valence-electron chi connectivity index (χ3n) is 6.75. The first kappa shape index (κ1) is 19.6. The number of fused-ring (bicyclic) bond motifs is 1.